The molecular formula is C43H27F10N7O2. The molecule has 62 heavy (non-hydrogen) atoms. The van der Waals surface area contributed by atoms with Crippen molar-refractivity contribution >= 4 is 33.5 Å². The average molecular weight is 864 g/mol. The lowest BCUT2D eigenvalue weighted by molar-refractivity contribution is -0.138. The zero-order valence-corrected chi connectivity index (χ0v) is 31.1. The minimum atomic E-state index is -4.76. The number of benzene rings is 6. The second-order valence-corrected chi connectivity index (χ2v) is 13.6. The molecule has 316 valence electrons. The number of amidine groups is 2. The van der Waals surface area contributed by atoms with E-state index < -0.39 is 58.4 Å². The van der Waals surface area contributed by atoms with Crippen LogP contribution < -0.4 is 11.5 Å². The van der Waals surface area contributed by atoms with Gasteiger partial charge >= 0.3 is 12.4 Å². The van der Waals surface area contributed by atoms with E-state index in [1.165, 1.54) is 6.20 Å². The first-order valence-electron chi connectivity index (χ1n) is 17.7. The van der Waals surface area contributed by atoms with Gasteiger partial charge in [0.1, 0.15) is 23.3 Å². The molecule has 0 bridgehead atoms. The van der Waals surface area contributed by atoms with Gasteiger partial charge in [-0.1, -0.05) is 34.6 Å². The van der Waals surface area contributed by atoms with Crippen LogP contribution in [0.25, 0.3) is 66.3 Å². The highest BCUT2D eigenvalue weighted by atomic mass is 19.4. The van der Waals surface area contributed by atoms with Gasteiger partial charge in [-0.3, -0.25) is 5.10 Å². The molecule has 0 aliphatic heterocycles. The summed E-state index contributed by atoms with van der Waals surface area (Å²) in [5.41, 5.74) is 10.2. The molecule has 0 spiro atoms. The summed E-state index contributed by atoms with van der Waals surface area (Å²) in [5, 5.41) is 32.1. The summed E-state index contributed by atoms with van der Waals surface area (Å²) in [7, 11) is 0. The van der Waals surface area contributed by atoms with Gasteiger partial charge in [-0.2, -0.15) is 31.4 Å². The zero-order chi connectivity index (χ0) is 44.7. The number of halogens is 10. The van der Waals surface area contributed by atoms with Gasteiger partial charge in [0.05, 0.1) is 22.8 Å². The van der Waals surface area contributed by atoms with Crippen molar-refractivity contribution in [3.05, 3.63) is 161 Å². The van der Waals surface area contributed by atoms with Crippen LogP contribution in [0.2, 0.25) is 0 Å². The van der Waals surface area contributed by atoms with Crippen LogP contribution in [-0.2, 0) is 12.4 Å². The summed E-state index contributed by atoms with van der Waals surface area (Å²) >= 11 is 0. The third kappa shape index (κ3) is 8.58. The highest BCUT2D eigenvalue weighted by Crippen LogP contribution is 2.43. The number of aromatic amines is 2. The van der Waals surface area contributed by atoms with Crippen molar-refractivity contribution in [1.29, 1.82) is 0 Å². The molecule has 9 nitrogen and oxygen atoms in total. The van der Waals surface area contributed by atoms with E-state index in [9.17, 15) is 43.9 Å². The molecule has 0 aliphatic rings. The van der Waals surface area contributed by atoms with Gasteiger partial charge in [0.2, 0.25) is 0 Å². The van der Waals surface area contributed by atoms with Crippen molar-refractivity contribution < 1.29 is 54.3 Å². The first-order valence-corrected chi connectivity index (χ1v) is 17.7. The number of aromatic nitrogens is 3. The highest BCUT2D eigenvalue weighted by Gasteiger charge is 2.35. The van der Waals surface area contributed by atoms with E-state index in [2.05, 4.69) is 25.5 Å². The lowest BCUT2D eigenvalue weighted by Gasteiger charge is -2.19. The number of hydrogen-bond donors (Lipinski definition) is 6. The van der Waals surface area contributed by atoms with Crippen LogP contribution >= 0.6 is 0 Å². The summed E-state index contributed by atoms with van der Waals surface area (Å²) in [5.74, 6) is -4.99. The summed E-state index contributed by atoms with van der Waals surface area (Å²) in [6, 6.07) is 19.6. The molecule has 0 atom stereocenters. The Morgan fingerprint density at radius 2 is 0.952 bits per heavy atom. The predicted molar refractivity (Wildman–Crippen MR) is 211 cm³/mol. The quantitative estimate of drug-likeness (QED) is 0.0322. The molecule has 8 N–H and O–H groups in total. The Labute approximate surface area is 342 Å². The molecule has 0 unspecified atom stereocenters. The van der Waals surface area contributed by atoms with Crippen LogP contribution in [-0.4, -0.2) is 37.3 Å². The normalized spacial score (nSPS) is 12.5. The monoisotopic (exact) mass is 863 g/mol. The van der Waals surface area contributed by atoms with Crippen molar-refractivity contribution in [1.82, 2.24) is 15.2 Å². The van der Waals surface area contributed by atoms with E-state index in [4.69, 9.17) is 21.9 Å². The molecule has 8 rings (SSSR count). The maximum atomic E-state index is 14.0. The van der Waals surface area contributed by atoms with Gasteiger partial charge in [0.15, 0.2) is 11.7 Å². The lowest BCUT2D eigenvalue weighted by atomic mass is 9.87. The number of nitrogens with two attached hydrogens (primary N) is 2. The standard InChI is InChI=1S/C22H14F5N3O.C21H13F5N4O/c23-15-5-13(6-16(24)10-15)20-17(12-2-1-11-3-4-29-19(11)7-12)8-14(22(25,26)27)9-18(20)21(28)30-31;22-14-3-12(4-15(23)8-14)19-16(10-1-2-11-9-28-29-18(11)5-10)6-13(21(24,25)26)7-17(19)20(27)30-31/h1-10,29,31H,(H2,28,30);1-9,31H,(H2,27,30)(H,28,29). The van der Waals surface area contributed by atoms with E-state index in [1.54, 1.807) is 48.7 Å². The molecule has 2 heterocycles. The zero-order valence-electron chi connectivity index (χ0n) is 31.1. The van der Waals surface area contributed by atoms with E-state index in [0.717, 1.165) is 41.8 Å². The Balaban J connectivity index is 0.000000186. The smallest absolute Gasteiger partial charge is 0.409 e. The number of H-pyrrole nitrogens is 2. The van der Waals surface area contributed by atoms with Crippen molar-refractivity contribution in [2.24, 2.45) is 21.8 Å². The van der Waals surface area contributed by atoms with Crippen LogP contribution in [0.15, 0.2) is 126 Å². The van der Waals surface area contributed by atoms with Crippen LogP contribution in [0.4, 0.5) is 43.9 Å². The maximum Gasteiger partial charge on any atom is 0.416 e. The molecule has 0 saturated carbocycles. The number of nitrogens with zero attached hydrogens (tertiary/aromatic N) is 3. The Bertz CT molecular complexity index is 2820. The molecule has 0 amide bonds. The van der Waals surface area contributed by atoms with Crippen LogP contribution in [0.5, 0.6) is 0 Å². The summed E-state index contributed by atoms with van der Waals surface area (Å²) in [4.78, 5) is 2.97. The molecular weight excluding hydrogens is 836 g/mol. The maximum absolute atomic E-state index is 14.0. The van der Waals surface area contributed by atoms with Gasteiger partial charge in [0, 0.05) is 51.5 Å². The molecule has 8 aromatic rings. The molecule has 0 saturated heterocycles. The minimum absolute atomic E-state index is 0.00685. The molecule has 0 aliphatic carbocycles. The van der Waals surface area contributed by atoms with Crippen molar-refractivity contribution in [3.8, 4) is 44.5 Å². The third-order valence-corrected chi connectivity index (χ3v) is 9.62. The summed E-state index contributed by atoms with van der Waals surface area (Å²) < 4.78 is 138. The second-order valence-electron chi connectivity index (χ2n) is 13.6. The number of fused-ring (bicyclic) bond motifs is 2. The van der Waals surface area contributed by atoms with Gasteiger partial charge in [-0.25, -0.2) is 17.6 Å². The number of oxime groups is 2. The number of alkyl halides is 6. The number of nitrogens with one attached hydrogen (secondary N) is 2. The molecule has 0 radical (unpaired) electrons. The van der Waals surface area contributed by atoms with E-state index in [0.29, 0.717) is 51.8 Å². The van der Waals surface area contributed by atoms with Gasteiger partial charge < -0.3 is 26.9 Å². The lowest BCUT2D eigenvalue weighted by Crippen LogP contribution is -2.17. The van der Waals surface area contributed by atoms with Gasteiger partial charge in [-0.05, 0) is 105 Å². The largest absolute Gasteiger partial charge is 0.416 e. The van der Waals surface area contributed by atoms with Crippen molar-refractivity contribution in [3.63, 3.8) is 0 Å². The third-order valence-electron chi connectivity index (χ3n) is 9.62. The number of rotatable bonds is 6. The second kappa shape index (κ2) is 16.3. The van der Waals surface area contributed by atoms with Crippen molar-refractivity contribution in [2.75, 3.05) is 0 Å². The Morgan fingerprint density at radius 1 is 0.516 bits per heavy atom. The fourth-order valence-electron chi connectivity index (χ4n) is 6.92. The van der Waals surface area contributed by atoms with Gasteiger partial charge in [-0.15, -0.1) is 0 Å². The fourth-order valence-corrected chi connectivity index (χ4v) is 6.92. The first-order chi connectivity index (χ1) is 29.3. The van der Waals surface area contributed by atoms with Gasteiger partial charge in [0.25, 0.3) is 0 Å². The summed E-state index contributed by atoms with van der Waals surface area (Å²) in [6.07, 6.45) is -6.30. The minimum Gasteiger partial charge on any atom is -0.409 e. The average Bonchev–Trinajstić information content (AvgIpc) is 3.90. The van der Waals surface area contributed by atoms with Crippen LogP contribution in [0, 0.1) is 23.3 Å². The molecule has 19 heteroatoms. The topological polar surface area (TPSA) is 162 Å². The first kappa shape index (κ1) is 42.3. The Kier molecular flexibility index (Phi) is 11.1. The Morgan fingerprint density at radius 3 is 1.39 bits per heavy atom. The molecule has 0 fully saturated rings. The molecule has 6 aromatic carbocycles. The van der Waals surface area contributed by atoms with E-state index in [1.807, 2.05) is 0 Å². The van der Waals surface area contributed by atoms with E-state index >= 15 is 0 Å². The number of hydrogen-bond acceptors (Lipinski definition) is 5. The molecule has 2 aromatic heterocycles. The predicted octanol–water partition coefficient (Wildman–Crippen LogP) is 11.2. The Hall–Kier alpha value is -7.83. The van der Waals surface area contributed by atoms with Crippen LogP contribution in [0.3, 0.4) is 0 Å². The van der Waals surface area contributed by atoms with Crippen molar-refractivity contribution in [2.45, 2.75) is 12.4 Å². The van der Waals surface area contributed by atoms with E-state index in [-0.39, 0.29) is 44.5 Å². The summed E-state index contributed by atoms with van der Waals surface area (Å²) in [6.45, 7) is 0. The highest BCUT2D eigenvalue weighted by molar-refractivity contribution is 6.08. The SMILES string of the molecule is NC(=NO)c1cc(C(F)(F)F)cc(-c2ccc3cc[nH]c3c2)c1-c1cc(F)cc(F)c1.NC(=NO)c1cc(C(F)(F)F)cc(-c2ccc3cn[nH]c3c2)c1-c1cc(F)cc(F)c1. The fraction of sp³-hybridized carbons (Fsp3) is 0.0465. The van der Waals surface area contributed by atoms with Crippen LogP contribution in [0.1, 0.15) is 22.3 Å².